The van der Waals surface area contributed by atoms with Crippen molar-refractivity contribution in [3.05, 3.63) is 29.5 Å². The number of carbonyl (C=O) groups is 2. The number of nitrogens with one attached hydrogen (secondary N) is 1. The van der Waals surface area contributed by atoms with Crippen molar-refractivity contribution in [2.45, 2.75) is 45.2 Å². The molecule has 1 fully saturated rings. The minimum atomic E-state index is -1.48. The smallest absolute Gasteiger partial charge is 0.303 e. The van der Waals surface area contributed by atoms with Gasteiger partial charge >= 0.3 is 11.9 Å². The number of nitriles is 2. The Balaban J connectivity index is 2.37. The molecule has 2 heterocycles. The summed E-state index contributed by atoms with van der Waals surface area (Å²) in [6.07, 6.45) is 3.62. The first-order valence-electron chi connectivity index (χ1n) is 9.29. The highest BCUT2D eigenvalue weighted by molar-refractivity contribution is 5.66. The van der Waals surface area contributed by atoms with Crippen LogP contribution in [0.25, 0.3) is 0 Å². The van der Waals surface area contributed by atoms with Gasteiger partial charge in [-0.2, -0.15) is 10.5 Å². The molecule has 0 aromatic rings. The number of esters is 2. The number of carbonyl (C=O) groups excluding carboxylic acids is 2. The van der Waals surface area contributed by atoms with Gasteiger partial charge in [0.1, 0.15) is 6.61 Å². The van der Waals surface area contributed by atoms with Crippen LogP contribution in [0.4, 0.5) is 0 Å². The largest absolute Gasteiger partial charge is 0.461 e. The summed E-state index contributed by atoms with van der Waals surface area (Å²) >= 11 is 0. The van der Waals surface area contributed by atoms with Crippen molar-refractivity contribution in [1.82, 2.24) is 5.32 Å². The molecule has 0 saturated carbocycles. The second kappa shape index (κ2) is 9.76. The lowest BCUT2D eigenvalue weighted by Gasteiger charge is -2.36. The molecule has 0 spiro atoms. The summed E-state index contributed by atoms with van der Waals surface area (Å²) in [5.74, 6) is 4.24. The lowest BCUT2D eigenvalue weighted by Crippen LogP contribution is -2.44. The molecule has 2 aliphatic rings. The third-order valence-corrected chi connectivity index (χ3v) is 5.07. The summed E-state index contributed by atoms with van der Waals surface area (Å²) in [5, 5.41) is 23.3. The summed E-state index contributed by atoms with van der Waals surface area (Å²) in [5.41, 5.74) is 2.62. The fourth-order valence-corrected chi connectivity index (χ4v) is 3.72. The Morgan fingerprint density at radius 2 is 1.90 bits per heavy atom. The van der Waals surface area contributed by atoms with Gasteiger partial charge in [-0.15, -0.1) is 5.73 Å². The third-order valence-electron chi connectivity index (χ3n) is 5.07. The molecule has 1 saturated heterocycles. The van der Waals surface area contributed by atoms with E-state index in [1.165, 1.54) is 13.8 Å². The molecule has 7 nitrogen and oxygen atoms in total. The summed E-state index contributed by atoms with van der Waals surface area (Å²) < 4.78 is 9.91. The van der Waals surface area contributed by atoms with Crippen LogP contribution in [0.3, 0.4) is 0 Å². The lowest BCUT2D eigenvalue weighted by atomic mass is 9.68. The van der Waals surface area contributed by atoms with Gasteiger partial charge in [0.05, 0.1) is 12.1 Å². The average Bonchev–Trinajstić information content (AvgIpc) is 3.07. The van der Waals surface area contributed by atoms with Gasteiger partial charge in [-0.3, -0.25) is 9.59 Å². The molecule has 150 valence electrons. The number of nitrogens with zero attached hydrogens (tertiary/aromatic N) is 2. The molecule has 0 aromatic heterocycles. The van der Waals surface area contributed by atoms with Gasteiger partial charge in [0.2, 0.25) is 0 Å². The lowest BCUT2D eigenvalue weighted by molar-refractivity contribution is -0.140. The van der Waals surface area contributed by atoms with Crippen LogP contribution in [0.2, 0.25) is 0 Å². The maximum atomic E-state index is 11.3. The van der Waals surface area contributed by atoms with E-state index in [4.69, 9.17) is 9.47 Å². The van der Waals surface area contributed by atoms with Gasteiger partial charge in [-0.25, -0.2) is 0 Å². The van der Waals surface area contributed by atoms with E-state index in [2.05, 4.69) is 41.6 Å². The van der Waals surface area contributed by atoms with Gasteiger partial charge in [0.15, 0.2) is 12.0 Å². The average molecular weight is 393 g/mol. The summed E-state index contributed by atoms with van der Waals surface area (Å²) in [6, 6.07) is 4.35. The van der Waals surface area contributed by atoms with Gasteiger partial charge in [0.25, 0.3) is 0 Å². The predicted octanol–water partition coefficient (Wildman–Crippen LogP) is 1.93. The van der Waals surface area contributed by atoms with E-state index in [1.54, 1.807) is 0 Å². The molecule has 0 radical (unpaired) electrons. The molecule has 29 heavy (non-hydrogen) atoms. The molecule has 2 aliphatic heterocycles. The predicted molar refractivity (Wildman–Crippen MR) is 103 cm³/mol. The van der Waals surface area contributed by atoms with Gasteiger partial charge < -0.3 is 14.8 Å². The molecule has 2 bridgehead atoms. The molecule has 0 amide bonds. The topological polar surface area (TPSA) is 112 Å². The third kappa shape index (κ3) is 5.15. The number of ether oxygens (including phenoxy) is 2. The van der Waals surface area contributed by atoms with Crippen LogP contribution >= 0.6 is 0 Å². The Bertz CT molecular complexity index is 889. The van der Waals surface area contributed by atoms with Crippen molar-refractivity contribution in [2.24, 2.45) is 11.3 Å². The zero-order valence-corrected chi connectivity index (χ0v) is 16.6. The van der Waals surface area contributed by atoms with E-state index in [9.17, 15) is 20.1 Å². The van der Waals surface area contributed by atoms with E-state index in [0.29, 0.717) is 11.1 Å². The van der Waals surface area contributed by atoms with Crippen LogP contribution in [0, 0.1) is 45.8 Å². The minimum absolute atomic E-state index is 0.00473. The molecular formula is C22H23N3O4. The van der Waals surface area contributed by atoms with E-state index in [-0.39, 0.29) is 37.6 Å². The fraction of sp³-hybridized carbons (Fsp3) is 0.500. The highest BCUT2D eigenvalue weighted by Crippen LogP contribution is 2.45. The van der Waals surface area contributed by atoms with Crippen LogP contribution < -0.4 is 5.32 Å². The Morgan fingerprint density at radius 1 is 1.21 bits per heavy atom. The maximum absolute atomic E-state index is 11.3. The van der Waals surface area contributed by atoms with Crippen molar-refractivity contribution >= 4 is 11.9 Å². The second-order valence-corrected chi connectivity index (χ2v) is 6.98. The van der Waals surface area contributed by atoms with Crippen molar-refractivity contribution in [2.75, 3.05) is 13.2 Å². The van der Waals surface area contributed by atoms with E-state index < -0.39 is 17.4 Å². The van der Waals surface area contributed by atoms with Gasteiger partial charge in [0, 0.05) is 43.8 Å². The molecule has 1 unspecified atom stereocenters. The molecule has 3 atom stereocenters. The Kier molecular flexibility index (Phi) is 7.40. The number of fused-ring (bicyclic) bond motifs is 2. The summed E-state index contributed by atoms with van der Waals surface area (Å²) in [6.45, 7) is 6.21. The molecule has 0 aromatic carbocycles. The fourth-order valence-electron chi connectivity index (χ4n) is 3.72. The van der Waals surface area contributed by atoms with Gasteiger partial charge in [-0.05, 0) is 18.4 Å². The first kappa shape index (κ1) is 22.0. The monoisotopic (exact) mass is 393 g/mol. The molecule has 0 aliphatic carbocycles. The SMILES string of the molecule is C=C=C(COC(C)=O)[C@@H]1C(C(C#N)(C#N)CC#CCOC(C)=O)=CC2CC[C@@H]1N2. The van der Waals surface area contributed by atoms with Crippen molar-refractivity contribution < 1.29 is 19.1 Å². The molecule has 2 rings (SSSR count). The summed E-state index contributed by atoms with van der Waals surface area (Å²) in [7, 11) is 0. The zero-order chi connectivity index (χ0) is 21.4. The first-order chi connectivity index (χ1) is 13.9. The van der Waals surface area contributed by atoms with Crippen molar-refractivity contribution in [3.8, 4) is 24.0 Å². The molecular weight excluding hydrogens is 370 g/mol. The van der Waals surface area contributed by atoms with Crippen LogP contribution in [0.1, 0.15) is 33.1 Å². The van der Waals surface area contributed by atoms with Crippen molar-refractivity contribution in [3.63, 3.8) is 0 Å². The van der Waals surface area contributed by atoms with Crippen LogP contribution in [0.5, 0.6) is 0 Å². The molecule has 1 N–H and O–H groups in total. The Labute approximate surface area is 170 Å². The highest BCUT2D eigenvalue weighted by atomic mass is 16.5. The Hall–Kier alpha value is -3.30. The number of hydrogen-bond donors (Lipinski definition) is 1. The highest BCUT2D eigenvalue weighted by Gasteiger charge is 2.47. The van der Waals surface area contributed by atoms with E-state index in [0.717, 1.165) is 12.8 Å². The Morgan fingerprint density at radius 3 is 2.48 bits per heavy atom. The molecule has 7 heteroatoms. The summed E-state index contributed by atoms with van der Waals surface area (Å²) in [4.78, 5) is 22.1. The number of rotatable bonds is 6. The van der Waals surface area contributed by atoms with E-state index >= 15 is 0 Å². The quantitative estimate of drug-likeness (QED) is 0.317. The normalized spacial score (nSPS) is 21.9. The van der Waals surface area contributed by atoms with Crippen LogP contribution in [-0.2, 0) is 19.1 Å². The maximum Gasteiger partial charge on any atom is 0.303 e. The number of hydrogen-bond acceptors (Lipinski definition) is 7. The minimum Gasteiger partial charge on any atom is -0.461 e. The van der Waals surface area contributed by atoms with Crippen molar-refractivity contribution in [1.29, 1.82) is 10.5 Å². The standard InChI is InChI=1S/C22H23N3O4/c1-4-17(12-29-16(3)27)21-19(11-18-7-8-20(21)25-18)22(13-23,14-24)9-5-6-10-28-15(2)26/h11,18,20-21,25H,1,7-10,12H2,2-3H3/t18?,20-,21+/m0/s1. The first-order valence-corrected chi connectivity index (χ1v) is 9.29. The zero-order valence-electron chi connectivity index (χ0n) is 16.6. The van der Waals surface area contributed by atoms with E-state index in [1.807, 2.05) is 6.08 Å². The van der Waals surface area contributed by atoms with Crippen LogP contribution in [-0.4, -0.2) is 37.2 Å². The van der Waals surface area contributed by atoms with Gasteiger partial charge in [-0.1, -0.05) is 24.5 Å². The van der Waals surface area contributed by atoms with Crippen LogP contribution in [0.15, 0.2) is 29.5 Å². The second-order valence-electron chi connectivity index (χ2n) is 6.98.